The van der Waals surface area contributed by atoms with E-state index in [2.05, 4.69) is 5.32 Å². The van der Waals surface area contributed by atoms with Crippen molar-refractivity contribution in [3.8, 4) is 0 Å². The second-order valence-corrected chi connectivity index (χ2v) is 7.32. The zero-order valence-corrected chi connectivity index (χ0v) is 14.9. The fraction of sp³-hybridized carbons (Fsp3) is 0.550. The maximum Gasteiger partial charge on any atom is 0.308 e. The molecule has 1 aliphatic heterocycles. The molecule has 0 aromatic heterocycles. The van der Waals surface area contributed by atoms with Crippen LogP contribution in [0.4, 0.5) is 0 Å². The number of nitrogens with one attached hydrogen (secondary N) is 1. The molecule has 0 radical (unpaired) electrons. The third-order valence-corrected chi connectivity index (χ3v) is 5.45. The first-order valence-electron chi connectivity index (χ1n) is 9.43. The lowest BCUT2D eigenvalue weighted by molar-refractivity contribution is -0.143. The number of carbonyl (C=O) groups excluding carboxylic acids is 2. The summed E-state index contributed by atoms with van der Waals surface area (Å²) >= 11 is 0. The van der Waals surface area contributed by atoms with E-state index in [1.54, 1.807) is 17.0 Å². The molecule has 0 bridgehead atoms. The molecule has 2 amide bonds. The molecular formula is C20H26N2O4. The first-order chi connectivity index (χ1) is 12.5. The van der Waals surface area contributed by atoms with Gasteiger partial charge in [0.2, 0.25) is 5.91 Å². The Labute approximate surface area is 153 Å². The molecule has 1 unspecified atom stereocenters. The SMILES string of the molecule is O=C(O)C1CCCN(C(=O)c2ccc(CNC(=O)C3CCCC3)cc2)C1. The maximum atomic E-state index is 12.6. The highest BCUT2D eigenvalue weighted by atomic mass is 16.4. The third kappa shape index (κ3) is 4.42. The van der Waals surface area contributed by atoms with Crippen molar-refractivity contribution in [3.05, 3.63) is 35.4 Å². The number of piperidine rings is 1. The molecule has 26 heavy (non-hydrogen) atoms. The monoisotopic (exact) mass is 358 g/mol. The van der Waals surface area contributed by atoms with Crippen LogP contribution in [0.5, 0.6) is 0 Å². The van der Waals surface area contributed by atoms with Gasteiger partial charge in [-0.25, -0.2) is 0 Å². The van der Waals surface area contributed by atoms with E-state index in [1.807, 2.05) is 12.1 Å². The fourth-order valence-corrected chi connectivity index (χ4v) is 3.83. The van der Waals surface area contributed by atoms with Gasteiger partial charge < -0.3 is 15.3 Å². The van der Waals surface area contributed by atoms with Crippen LogP contribution in [0.25, 0.3) is 0 Å². The second kappa shape index (κ2) is 8.34. The number of amides is 2. The molecule has 3 rings (SSSR count). The lowest BCUT2D eigenvalue weighted by atomic mass is 9.97. The van der Waals surface area contributed by atoms with Crippen LogP contribution in [0.1, 0.15) is 54.4 Å². The summed E-state index contributed by atoms with van der Waals surface area (Å²) in [5.74, 6) is -1.17. The average molecular weight is 358 g/mol. The summed E-state index contributed by atoms with van der Waals surface area (Å²) in [6, 6.07) is 7.20. The number of carbonyl (C=O) groups is 3. The van der Waals surface area contributed by atoms with E-state index in [0.29, 0.717) is 31.5 Å². The second-order valence-electron chi connectivity index (χ2n) is 7.32. The Morgan fingerprint density at radius 2 is 1.65 bits per heavy atom. The van der Waals surface area contributed by atoms with Gasteiger partial charge in [-0.05, 0) is 43.4 Å². The smallest absolute Gasteiger partial charge is 0.308 e. The van der Waals surface area contributed by atoms with E-state index in [0.717, 1.165) is 31.2 Å². The highest BCUT2D eigenvalue weighted by Crippen LogP contribution is 2.24. The molecule has 1 saturated carbocycles. The number of hydrogen-bond acceptors (Lipinski definition) is 3. The summed E-state index contributed by atoms with van der Waals surface area (Å²) in [6.45, 7) is 1.34. The van der Waals surface area contributed by atoms with E-state index in [-0.39, 0.29) is 24.3 Å². The molecule has 6 nitrogen and oxygen atoms in total. The van der Waals surface area contributed by atoms with Gasteiger partial charge in [0.25, 0.3) is 5.91 Å². The molecule has 1 heterocycles. The Bertz CT molecular complexity index is 665. The summed E-state index contributed by atoms with van der Waals surface area (Å²) in [5, 5.41) is 12.1. The van der Waals surface area contributed by atoms with Crippen molar-refractivity contribution >= 4 is 17.8 Å². The Morgan fingerprint density at radius 1 is 1.00 bits per heavy atom. The van der Waals surface area contributed by atoms with Crippen LogP contribution in [0.15, 0.2) is 24.3 Å². The summed E-state index contributed by atoms with van der Waals surface area (Å²) in [5.41, 5.74) is 1.51. The van der Waals surface area contributed by atoms with Crippen molar-refractivity contribution in [1.29, 1.82) is 0 Å². The molecule has 2 aliphatic rings. The molecule has 1 aromatic rings. The normalized spacial score (nSPS) is 20.8. The number of carboxylic acid groups (broad SMARTS) is 1. The van der Waals surface area contributed by atoms with Crippen molar-refractivity contribution in [3.63, 3.8) is 0 Å². The highest BCUT2D eigenvalue weighted by Gasteiger charge is 2.28. The van der Waals surface area contributed by atoms with Gasteiger partial charge in [0.1, 0.15) is 0 Å². The molecule has 140 valence electrons. The molecular weight excluding hydrogens is 332 g/mol. The molecule has 2 N–H and O–H groups in total. The lowest BCUT2D eigenvalue weighted by Crippen LogP contribution is -2.42. The van der Waals surface area contributed by atoms with Gasteiger partial charge in [-0.15, -0.1) is 0 Å². The minimum absolute atomic E-state index is 0.121. The quantitative estimate of drug-likeness (QED) is 0.846. The summed E-state index contributed by atoms with van der Waals surface area (Å²) in [6.07, 6.45) is 5.56. The van der Waals surface area contributed by atoms with Gasteiger partial charge >= 0.3 is 5.97 Å². The van der Waals surface area contributed by atoms with Crippen molar-refractivity contribution in [2.75, 3.05) is 13.1 Å². The van der Waals surface area contributed by atoms with Gasteiger partial charge in [-0.3, -0.25) is 14.4 Å². The van der Waals surface area contributed by atoms with Crippen molar-refractivity contribution in [1.82, 2.24) is 10.2 Å². The number of likely N-dealkylation sites (tertiary alicyclic amines) is 1. The van der Waals surface area contributed by atoms with Crippen molar-refractivity contribution < 1.29 is 19.5 Å². The number of hydrogen-bond donors (Lipinski definition) is 2. The zero-order valence-electron chi connectivity index (χ0n) is 14.9. The summed E-state index contributed by atoms with van der Waals surface area (Å²) < 4.78 is 0. The number of carboxylic acids is 1. The molecule has 6 heteroatoms. The molecule has 1 aromatic carbocycles. The minimum atomic E-state index is -0.837. The Hall–Kier alpha value is -2.37. The Balaban J connectivity index is 1.54. The van der Waals surface area contributed by atoms with Crippen molar-refractivity contribution in [2.45, 2.75) is 45.1 Å². The maximum absolute atomic E-state index is 12.6. The van der Waals surface area contributed by atoms with Gasteiger partial charge in [0, 0.05) is 31.1 Å². The third-order valence-electron chi connectivity index (χ3n) is 5.45. The van der Waals surface area contributed by atoms with Gasteiger partial charge in [-0.2, -0.15) is 0 Å². The molecule has 1 atom stereocenters. The van der Waals surface area contributed by atoms with Crippen LogP contribution in [-0.2, 0) is 16.1 Å². The molecule has 1 saturated heterocycles. The summed E-state index contributed by atoms with van der Waals surface area (Å²) in [4.78, 5) is 37.4. The van der Waals surface area contributed by atoms with E-state index in [9.17, 15) is 14.4 Å². The van der Waals surface area contributed by atoms with Crippen molar-refractivity contribution in [2.24, 2.45) is 11.8 Å². The van der Waals surface area contributed by atoms with Crippen LogP contribution in [0.3, 0.4) is 0 Å². The minimum Gasteiger partial charge on any atom is -0.481 e. The summed E-state index contributed by atoms with van der Waals surface area (Å²) in [7, 11) is 0. The standard InChI is InChI=1S/C20H26N2O4/c23-18(15-4-1-2-5-15)21-12-14-7-9-16(10-8-14)19(24)22-11-3-6-17(13-22)20(25)26/h7-10,15,17H,1-6,11-13H2,(H,21,23)(H,25,26). The number of nitrogens with zero attached hydrogens (tertiary/aromatic N) is 1. The van der Waals surface area contributed by atoms with Crippen LogP contribution in [0.2, 0.25) is 0 Å². The van der Waals surface area contributed by atoms with Crippen LogP contribution in [-0.4, -0.2) is 40.9 Å². The van der Waals surface area contributed by atoms with Gasteiger partial charge in [0.05, 0.1) is 5.92 Å². The predicted molar refractivity (Wildman–Crippen MR) is 96.5 cm³/mol. The van der Waals surface area contributed by atoms with Crippen LogP contribution in [0, 0.1) is 11.8 Å². The predicted octanol–water partition coefficient (Wildman–Crippen LogP) is 2.43. The van der Waals surface area contributed by atoms with E-state index in [4.69, 9.17) is 5.11 Å². The average Bonchev–Trinajstić information content (AvgIpc) is 3.21. The Morgan fingerprint density at radius 3 is 2.31 bits per heavy atom. The topological polar surface area (TPSA) is 86.7 Å². The fourth-order valence-electron chi connectivity index (χ4n) is 3.83. The van der Waals surface area contributed by atoms with Crippen LogP contribution >= 0.6 is 0 Å². The first kappa shape index (κ1) is 18.4. The van der Waals surface area contributed by atoms with E-state index < -0.39 is 11.9 Å². The molecule has 1 aliphatic carbocycles. The number of rotatable bonds is 5. The van der Waals surface area contributed by atoms with E-state index >= 15 is 0 Å². The highest BCUT2D eigenvalue weighted by molar-refractivity contribution is 5.94. The largest absolute Gasteiger partial charge is 0.481 e. The van der Waals surface area contributed by atoms with Gasteiger partial charge in [-0.1, -0.05) is 25.0 Å². The lowest BCUT2D eigenvalue weighted by Gasteiger charge is -2.30. The van der Waals surface area contributed by atoms with Crippen LogP contribution < -0.4 is 5.32 Å². The molecule has 0 spiro atoms. The molecule has 2 fully saturated rings. The first-order valence-corrected chi connectivity index (χ1v) is 9.43. The van der Waals surface area contributed by atoms with Gasteiger partial charge in [0.15, 0.2) is 0 Å². The number of aliphatic carboxylic acids is 1. The Kier molecular flexibility index (Phi) is 5.91. The zero-order chi connectivity index (χ0) is 18.5. The van der Waals surface area contributed by atoms with E-state index in [1.165, 1.54) is 0 Å². The number of benzene rings is 1.